The molecule has 0 fully saturated rings. The first-order valence-corrected chi connectivity index (χ1v) is 9.92. The third-order valence-corrected chi connectivity index (χ3v) is 4.72. The zero-order valence-electron chi connectivity index (χ0n) is 18.2. The molecule has 2 heterocycles. The molecule has 2 N–H and O–H groups in total. The molecule has 0 saturated carbocycles. The minimum Gasteiger partial charge on any atom is -0.399 e. The lowest BCUT2D eigenvalue weighted by atomic mass is 10.0. The summed E-state index contributed by atoms with van der Waals surface area (Å²) in [5.74, 6) is 0.639. The van der Waals surface area contributed by atoms with Gasteiger partial charge >= 0.3 is 0 Å². The van der Waals surface area contributed by atoms with Gasteiger partial charge in [0.25, 0.3) is 5.69 Å². The number of rotatable bonds is 5. The molecule has 0 saturated heterocycles. The molecule has 12 heteroatoms. The predicted octanol–water partition coefficient (Wildman–Crippen LogP) is 3.06. The van der Waals surface area contributed by atoms with Crippen molar-refractivity contribution in [2.45, 2.75) is 39.5 Å². The molecule has 0 amide bonds. The molecule has 0 unspecified atom stereocenters. The minimum absolute atomic E-state index is 0.0277. The van der Waals surface area contributed by atoms with Crippen LogP contribution in [0.1, 0.15) is 50.7 Å². The standard InChI is InChI=1S/C10H11N5O2.C10H13N5/c1-7(2)9-4-3-8(15(16)17)5-10(9)14-6-11-12-13-14;1-7(2)9-4-3-8(11)5-10(9)15-6-12-13-14-15/h3-7H,1-2H3;3-7H,11H2,1-2H3. The van der Waals surface area contributed by atoms with E-state index in [0.29, 0.717) is 17.3 Å². The minimum atomic E-state index is -0.433. The topological polar surface area (TPSA) is 156 Å². The highest BCUT2D eigenvalue weighted by molar-refractivity contribution is 5.53. The van der Waals surface area contributed by atoms with Gasteiger partial charge < -0.3 is 5.73 Å². The molecule has 2 aromatic heterocycles. The maximum Gasteiger partial charge on any atom is 0.271 e. The summed E-state index contributed by atoms with van der Waals surface area (Å²) in [7, 11) is 0. The lowest BCUT2D eigenvalue weighted by Crippen LogP contribution is -2.03. The molecule has 2 aromatic carbocycles. The Balaban J connectivity index is 0.000000182. The molecule has 12 nitrogen and oxygen atoms in total. The Morgan fingerprint density at radius 2 is 1.34 bits per heavy atom. The molecule has 4 rings (SSSR count). The Morgan fingerprint density at radius 1 is 0.844 bits per heavy atom. The number of nitrogens with zero attached hydrogens (tertiary/aromatic N) is 9. The van der Waals surface area contributed by atoms with Gasteiger partial charge in [0.15, 0.2) is 0 Å². The van der Waals surface area contributed by atoms with Crippen LogP contribution >= 0.6 is 0 Å². The van der Waals surface area contributed by atoms with E-state index < -0.39 is 4.92 Å². The molecule has 166 valence electrons. The quantitative estimate of drug-likeness (QED) is 0.282. The average Bonchev–Trinajstić information content (AvgIpc) is 3.47. The van der Waals surface area contributed by atoms with Crippen LogP contribution in [0.5, 0.6) is 0 Å². The second kappa shape index (κ2) is 9.73. The molecule has 0 aliphatic carbocycles. The van der Waals surface area contributed by atoms with Crippen molar-refractivity contribution in [3.8, 4) is 11.4 Å². The smallest absolute Gasteiger partial charge is 0.271 e. The van der Waals surface area contributed by atoms with Gasteiger partial charge in [0.1, 0.15) is 12.7 Å². The molecule has 0 spiro atoms. The maximum atomic E-state index is 10.7. The molecular weight excluding hydrogens is 412 g/mol. The number of anilines is 1. The molecule has 32 heavy (non-hydrogen) atoms. The highest BCUT2D eigenvalue weighted by Gasteiger charge is 2.15. The summed E-state index contributed by atoms with van der Waals surface area (Å²) in [4.78, 5) is 10.3. The van der Waals surface area contributed by atoms with E-state index in [1.54, 1.807) is 17.1 Å². The van der Waals surface area contributed by atoms with Gasteiger partial charge in [-0.15, -0.1) is 10.2 Å². The fourth-order valence-corrected chi connectivity index (χ4v) is 3.12. The lowest BCUT2D eigenvalue weighted by Gasteiger charge is -2.12. The lowest BCUT2D eigenvalue weighted by molar-refractivity contribution is -0.384. The van der Waals surface area contributed by atoms with Crippen molar-refractivity contribution in [3.05, 3.63) is 70.3 Å². The third kappa shape index (κ3) is 5.09. The number of tetrazole rings is 2. The third-order valence-electron chi connectivity index (χ3n) is 4.72. The average molecular weight is 436 g/mol. The summed E-state index contributed by atoms with van der Waals surface area (Å²) in [5.41, 5.74) is 10.2. The first-order chi connectivity index (χ1) is 15.3. The monoisotopic (exact) mass is 436 g/mol. The second-order valence-corrected chi connectivity index (χ2v) is 7.64. The molecule has 0 radical (unpaired) electrons. The largest absolute Gasteiger partial charge is 0.399 e. The van der Waals surface area contributed by atoms with Gasteiger partial charge in [-0.2, -0.15) is 0 Å². The van der Waals surface area contributed by atoms with Crippen molar-refractivity contribution >= 4 is 11.4 Å². The van der Waals surface area contributed by atoms with Crippen LogP contribution in [-0.2, 0) is 0 Å². The van der Waals surface area contributed by atoms with E-state index in [0.717, 1.165) is 11.3 Å². The van der Waals surface area contributed by atoms with Crippen LogP contribution in [0.25, 0.3) is 11.4 Å². The molecule has 0 aliphatic rings. The van der Waals surface area contributed by atoms with E-state index in [1.165, 1.54) is 28.7 Å². The van der Waals surface area contributed by atoms with Crippen LogP contribution in [0.2, 0.25) is 0 Å². The van der Waals surface area contributed by atoms with Crippen molar-refractivity contribution in [2.75, 3.05) is 5.73 Å². The summed E-state index contributed by atoms with van der Waals surface area (Å²) in [6.45, 7) is 8.27. The summed E-state index contributed by atoms with van der Waals surface area (Å²) < 4.78 is 3.06. The molecule has 0 bridgehead atoms. The fourth-order valence-electron chi connectivity index (χ4n) is 3.12. The van der Waals surface area contributed by atoms with Gasteiger partial charge in [0.05, 0.1) is 16.3 Å². The predicted molar refractivity (Wildman–Crippen MR) is 118 cm³/mol. The van der Waals surface area contributed by atoms with Gasteiger partial charge in [-0.3, -0.25) is 10.1 Å². The summed E-state index contributed by atoms with van der Waals surface area (Å²) in [6.07, 6.45) is 2.99. The van der Waals surface area contributed by atoms with Gasteiger partial charge in [-0.25, -0.2) is 9.36 Å². The Kier molecular flexibility index (Phi) is 6.83. The number of non-ortho nitro benzene ring substituents is 1. The number of hydrogen-bond donors (Lipinski definition) is 1. The Labute approximate surface area is 184 Å². The Hall–Kier alpha value is -4.22. The number of benzene rings is 2. The maximum absolute atomic E-state index is 10.7. The summed E-state index contributed by atoms with van der Waals surface area (Å²) in [5, 5.41) is 32.7. The highest BCUT2D eigenvalue weighted by atomic mass is 16.6. The Morgan fingerprint density at radius 3 is 1.78 bits per heavy atom. The van der Waals surface area contributed by atoms with Crippen molar-refractivity contribution < 1.29 is 4.92 Å². The van der Waals surface area contributed by atoms with Crippen molar-refractivity contribution in [1.82, 2.24) is 40.4 Å². The van der Waals surface area contributed by atoms with Gasteiger partial charge in [0, 0.05) is 17.8 Å². The zero-order valence-corrected chi connectivity index (χ0v) is 18.2. The van der Waals surface area contributed by atoms with Crippen LogP contribution in [0.4, 0.5) is 11.4 Å². The van der Waals surface area contributed by atoms with Gasteiger partial charge in [0.2, 0.25) is 0 Å². The zero-order chi connectivity index (χ0) is 23.3. The molecular formula is C20H24N10O2. The van der Waals surface area contributed by atoms with Gasteiger partial charge in [-0.05, 0) is 62.0 Å². The molecule has 0 aliphatic heterocycles. The van der Waals surface area contributed by atoms with E-state index in [1.807, 2.05) is 32.0 Å². The first-order valence-electron chi connectivity index (χ1n) is 9.92. The van der Waals surface area contributed by atoms with Crippen LogP contribution in [0, 0.1) is 10.1 Å². The van der Waals surface area contributed by atoms with E-state index in [4.69, 9.17) is 5.73 Å². The molecule has 4 aromatic rings. The van der Waals surface area contributed by atoms with Crippen molar-refractivity contribution in [2.24, 2.45) is 0 Å². The van der Waals surface area contributed by atoms with E-state index in [-0.39, 0.29) is 11.6 Å². The number of nitro benzene ring substituents is 1. The summed E-state index contributed by atoms with van der Waals surface area (Å²) in [6, 6.07) is 10.5. The van der Waals surface area contributed by atoms with Gasteiger partial charge in [-0.1, -0.05) is 33.8 Å². The van der Waals surface area contributed by atoms with E-state index in [9.17, 15) is 10.1 Å². The number of nitro groups is 1. The number of aromatic nitrogens is 8. The van der Waals surface area contributed by atoms with Crippen LogP contribution in [0.3, 0.4) is 0 Å². The fraction of sp³-hybridized carbons (Fsp3) is 0.300. The highest BCUT2D eigenvalue weighted by Crippen LogP contribution is 2.26. The Bertz CT molecular complexity index is 1170. The number of hydrogen-bond acceptors (Lipinski definition) is 9. The van der Waals surface area contributed by atoms with Crippen molar-refractivity contribution in [1.29, 1.82) is 0 Å². The summed E-state index contributed by atoms with van der Waals surface area (Å²) >= 11 is 0. The van der Waals surface area contributed by atoms with Crippen molar-refractivity contribution in [3.63, 3.8) is 0 Å². The van der Waals surface area contributed by atoms with Crippen LogP contribution in [-0.4, -0.2) is 45.3 Å². The van der Waals surface area contributed by atoms with Crippen LogP contribution in [0.15, 0.2) is 49.1 Å². The van der Waals surface area contributed by atoms with E-state index >= 15 is 0 Å². The first kappa shape index (κ1) is 22.5. The van der Waals surface area contributed by atoms with E-state index in [2.05, 4.69) is 44.9 Å². The normalized spacial score (nSPS) is 10.8. The second-order valence-electron chi connectivity index (χ2n) is 7.64. The number of nitrogen functional groups attached to an aromatic ring is 1. The van der Waals surface area contributed by atoms with Crippen LogP contribution < -0.4 is 5.73 Å². The molecule has 0 atom stereocenters. The SMILES string of the molecule is CC(C)c1ccc(N)cc1-n1cnnn1.CC(C)c1ccc([N+](=O)[O-])cc1-n1cnnn1. The number of nitrogens with two attached hydrogens (primary N) is 1.